The van der Waals surface area contributed by atoms with E-state index in [9.17, 15) is 9.59 Å². The number of carbonyl (C=O) groups excluding carboxylic acids is 2. The van der Waals surface area contributed by atoms with Gasteiger partial charge in [0.05, 0.1) is 0 Å². The molecule has 0 saturated heterocycles. The van der Waals surface area contributed by atoms with Gasteiger partial charge in [-0.25, -0.2) is 0 Å². The molecule has 0 aliphatic carbocycles. The molecule has 3 heteroatoms. The fourth-order valence-electron chi connectivity index (χ4n) is 2.31. The van der Waals surface area contributed by atoms with Gasteiger partial charge in [0.1, 0.15) is 5.75 Å². The maximum atomic E-state index is 12.6. The second kappa shape index (κ2) is 6.84. The molecule has 1 unspecified atom stereocenters. The molecule has 2 rings (SSSR count). The van der Waals surface area contributed by atoms with Gasteiger partial charge in [0.15, 0.2) is 5.78 Å². The van der Waals surface area contributed by atoms with Crippen molar-refractivity contribution in [2.45, 2.75) is 26.2 Å². The summed E-state index contributed by atoms with van der Waals surface area (Å²) < 4.78 is 4.97. The van der Waals surface area contributed by atoms with Crippen molar-refractivity contribution in [3.63, 3.8) is 0 Å². The van der Waals surface area contributed by atoms with Gasteiger partial charge in [0.25, 0.3) is 0 Å². The van der Waals surface area contributed by atoms with E-state index < -0.39 is 0 Å². The van der Waals surface area contributed by atoms with Gasteiger partial charge in [-0.1, -0.05) is 37.3 Å². The molecule has 0 heterocycles. The number of ketones is 1. The van der Waals surface area contributed by atoms with Crippen molar-refractivity contribution in [3.05, 3.63) is 65.7 Å². The first-order chi connectivity index (χ1) is 10.1. The van der Waals surface area contributed by atoms with Gasteiger partial charge in [-0.2, -0.15) is 0 Å². The molecule has 0 aliphatic heterocycles. The number of hydrogen-bond donors (Lipinski definition) is 0. The normalized spacial score (nSPS) is 11.7. The quantitative estimate of drug-likeness (QED) is 0.473. The molecule has 0 aliphatic rings. The molecule has 1 atom stereocenters. The van der Waals surface area contributed by atoms with E-state index in [1.807, 2.05) is 37.3 Å². The van der Waals surface area contributed by atoms with Crippen molar-refractivity contribution in [1.29, 1.82) is 0 Å². The zero-order chi connectivity index (χ0) is 15.2. The van der Waals surface area contributed by atoms with Crippen molar-refractivity contribution in [3.8, 4) is 5.75 Å². The molecule has 108 valence electrons. The minimum Gasteiger partial charge on any atom is -0.427 e. The Hall–Kier alpha value is -2.42. The molecule has 0 N–H and O–H groups in total. The van der Waals surface area contributed by atoms with Crippen LogP contribution in [0.15, 0.2) is 54.6 Å². The first-order valence-electron chi connectivity index (χ1n) is 6.99. The third-order valence-electron chi connectivity index (χ3n) is 3.33. The molecule has 2 aromatic rings. The molecule has 0 aromatic heterocycles. The van der Waals surface area contributed by atoms with Crippen molar-refractivity contribution in [1.82, 2.24) is 0 Å². The van der Waals surface area contributed by atoms with Crippen LogP contribution in [0.25, 0.3) is 0 Å². The molecule has 21 heavy (non-hydrogen) atoms. The highest BCUT2D eigenvalue weighted by Crippen LogP contribution is 2.25. The lowest BCUT2D eigenvalue weighted by Crippen LogP contribution is -2.12. The monoisotopic (exact) mass is 282 g/mol. The van der Waals surface area contributed by atoms with Crippen LogP contribution in [0.5, 0.6) is 5.75 Å². The fraction of sp³-hybridized carbons (Fsp3) is 0.222. The Morgan fingerprint density at radius 1 is 1.00 bits per heavy atom. The SMILES string of the molecule is CCC(C(=O)c1ccc(OC(C)=O)cc1)c1ccccc1. The Morgan fingerprint density at radius 3 is 2.14 bits per heavy atom. The van der Waals surface area contributed by atoms with E-state index in [1.54, 1.807) is 24.3 Å². The summed E-state index contributed by atoms with van der Waals surface area (Å²) in [5.41, 5.74) is 1.65. The largest absolute Gasteiger partial charge is 0.427 e. The van der Waals surface area contributed by atoms with Crippen molar-refractivity contribution >= 4 is 11.8 Å². The lowest BCUT2D eigenvalue weighted by atomic mass is 9.89. The first kappa shape index (κ1) is 15.0. The van der Waals surface area contributed by atoms with Gasteiger partial charge in [-0.3, -0.25) is 9.59 Å². The number of hydrogen-bond acceptors (Lipinski definition) is 3. The smallest absolute Gasteiger partial charge is 0.308 e. The van der Waals surface area contributed by atoms with Gasteiger partial charge in [-0.05, 0) is 36.2 Å². The van der Waals surface area contributed by atoms with Crippen LogP contribution in [0.3, 0.4) is 0 Å². The second-order valence-electron chi connectivity index (χ2n) is 4.85. The van der Waals surface area contributed by atoms with E-state index in [-0.39, 0.29) is 17.7 Å². The topological polar surface area (TPSA) is 43.4 Å². The van der Waals surface area contributed by atoms with E-state index >= 15 is 0 Å². The molecular formula is C18H18O3. The molecule has 0 radical (unpaired) electrons. The lowest BCUT2D eigenvalue weighted by molar-refractivity contribution is -0.131. The Kier molecular flexibility index (Phi) is 4.88. The molecule has 0 amide bonds. The summed E-state index contributed by atoms with van der Waals surface area (Å²) in [6, 6.07) is 16.5. The third-order valence-corrected chi connectivity index (χ3v) is 3.33. The van der Waals surface area contributed by atoms with Crippen molar-refractivity contribution in [2.24, 2.45) is 0 Å². The summed E-state index contributed by atoms with van der Waals surface area (Å²) in [7, 11) is 0. The second-order valence-corrected chi connectivity index (χ2v) is 4.85. The van der Waals surface area contributed by atoms with E-state index in [1.165, 1.54) is 6.92 Å². The van der Waals surface area contributed by atoms with Crippen LogP contribution in [0, 0.1) is 0 Å². The standard InChI is InChI=1S/C18H18O3/c1-3-17(14-7-5-4-6-8-14)18(20)15-9-11-16(12-10-15)21-13(2)19/h4-12,17H,3H2,1-2H3. The maximum Gasteiger partial charge on any atom is 0.308 e. The number of benzene rings is 2. The minimum absolute atomic E-state index is 0.0816. The van der Waals surface area contributed by atoms with E-state index in [4.69, 9.17) is 4.74 Å². The first-order valence-corrected chi connectivity index (χ1v) is 6.99. The van der Waals surface area contributed by atoms with E-state index in [0.29, 0.717) is 11.3 Å². The van der Waals surface area contributed by atoms with Crippen LogP contribution in [-0.4, -0.2) is 11.8 Å². The maximum absolute atomic E-state index is 12.6. The zero-order valence-corrected chi connectivity index (χ0v) is 12.2. The number of Topliss-reactive ketones (excluding diaryl/α,β-unsaturated/α-hetero) is 1. The summed E-state index contributed by atoms with van der Waals surface area (Å²) >= 11 is 0. The summed E-state index contributed by atoms with van der Waals surface area (Å²) in [4.78, 5) is 23.5. The van der Waals surface area contributed by atoms with Crippen LogP contribution >= 0.6 is 0 Å². The van der Waals surface area contributed by atoms with Crippen LogP contribution in [-0.2, 0) is 4.79 Å². The van der Waals surface area contributed by atoms with Gasteiger partial charge in [-0.15, -0.1) is 0 Å². The van der Waals surface area contributed by atoms with Crippen LogP contribution in [0.1, 0.15) is 42.1 Å². The molecule has 0 spiro atoms. The van der Waals surface area contributed by atoms with E-state index in [0.717, 1.165) is 12.0 Å². The number of rotatable bonds is 5. The van der Waals surface area contributed by atoms with Crippen LogP contribution in [0.2, 0.25) is 0 Å². The molecule has 0 saturated carbocycles. The lowest BCUT2D eigenvalue weighted by Gasteiger charge is -2.14. The Labute approximate surface area is 124 Å². The summed E-state index contributed by atoms with van der Waals surface area (Å²) in [6.45, 7) is 3.35. The Balaban J connectivity index is 2.20. The highest BCUT2D eigenvalue weighted by atomic mass is 16.5. The summed E-state index contributed by atoms with van der Waals surface area (Å²) in [6.07, 6.45) is 0.745. The van der Waals surface area contributed by atoms with Crippen LogP contribution < -0.4 is 4.74 Å². The Bertz CT molecular complexity index is 615. The molecular weight excluding hydrogens is 264 g/mol. The highest BCUT2D eigenvalue weighted by molar-refractivity contribution is 6.01. The molecule has 3 nitrogen and oxygen atoms in total. The molecule has 2 aromatic carbocycles. The summed E-state index contributed by atoms with van der Waals surface area (Å²) in [5.74, 6) is 0.0143. The number of esters is 1. The third kappa shape index (κ3) is 3.78. The molecule has 0 bridgehead atoms. The van der Waals surface area contributed by atoms with Crippen LogP contribution in [0.4, 0.5) is 0 Å². The number of ether oxygens (including phenoxy) is 1. The fourth-order valence-corrected chi connectivity index (χ4v) is 2.31. The highest BCUT2D eigenvalue weighted by Gasteiger charge is 2.20. The molecule has 0 fully saturated rings. The predicted octanol–water partition coefficient (Wildman–Crippen LogP) is 3.99. The zero-order valence-electron chi connectivity index (χ0n) is 12.2. The van der Waals surface area contributed by atoms with Gasteiger partial charge >= 0.3 is 5.97 Å². The van der Waals surface area contributed by atoms with Gasteiger partial charge in [0, 0.05) is 18.4 Å². The average molecular weight is 282 g/mol. The number of carbonyl (C=O) groups is 2. The Morgan fingerprint density at radius 2 is 1.62 bits per heavy atom. The van der Waals surface area contributed by atoms with Crippen molar-refractivity contribution in [2.75, 3.05) is 0 Å². The van der Waals surface area contributed by atoms with Crippen molar-refractivity contribution < 1.29 is 14.3 Å². The van der Waals surface area contributed by atoms with E-state index in [2.05, 4.69) is 0 Å². The average Bonchev–Trinajstić information content (AvgIpc) is 2.49. The predicted molar refractivity (Wildman–Crippen MR) is 81.6 cm³/mol. The minimum atomic E-state index is -0.371. The summed E-state index contributed by atoms with van der Waals surface area (Å²) in [5, 5.41) is 0. The van der Waals surface area contributed by atoms with Gasteiger partial charge in [0.2, 0.25) is 0 Å². The van der Waals surface area contributed by atoms with Gasteiger partial charge < -0.3 is 4.74 Å².